The smallest absolute Gasteiger partial charge is 0.108 e. The first-order chi connectivity index (χ1) is 8.05. The third-order valence-corrected chi connectivity index (χ3v) is 3.98. The number of hydrazine groups is 1. The minimum absolute atomic E-state index is 0.167. The molecule has 1 aliphatic heterocycles. The summed E-state index contributed by atoms with van der Waals surface area (Å²) in [7, 11) is 0. The molecule has 1 fully saturated rings. The van der Waals surface area contributed by atoms with Gasteiger partial charge in [0.05, 0.1) is 12.2 Å². The van der Waals surface area contributed by atoms with Crippen molar-refractivity contribution in [2.45, 2.75) is 52.0 Å². The molecule has 1 N–H and O–H groups in total. The molecule has 0 aromatic carbocycles. The number of piperidine rings is 1. The molecule has 96 valence electrons. The van der Waals surface area contributed by atoms with Gasteiger partial charge in [-0.05, 0) is 12.8 Å². The molecule has 2 rings (SSSR count). The quantitative estimate of drug-likeness (QED) is 0.897. The predicted molar refractivity (Wildman–Crippen MR) is 73.1 cm³/mol. The molecule has 0 amide bonds. The Morgan fingerprint density at radius 1 is 1.29 bits per heavy atom. The summed E-state index contributed by atoms with van der Waals surface area (Å²) in [5.41, 5.74) is 4.86. The molecule has 17 heavy (non-hydrogen) atoms. The molecule has 1 aromatic rings. The molecule has 2 heterocycles. The molecule has 0 spiro atoms. The lowest BCUT2D eigenvalue weighted by atomic mass is 9.93. The maximum Gasteiger partial charge on any atom is 0.108 e. The molecule has 1 aliphatic rings. The van der Waals surface area contributed by atoms with Crippen LogP contribution in [0.3, 0.4) is 0 Å². The maximum atomic E-state index is 4.70. The fourth-order valence-corrected chi connectivity index (χ4v) is 2.92. The van der Waals surface area contributed by atoms with Crippen molar-refractivity contribution in [3.05, 3.63) is 16.1 Å². The second kappa shape index (κ2) is 5.46. The van der Waals surface area contributed by atoms with Gasteiger partial charge in [-0.15, -0.1) is 11.3 Å². The van der Waals surface area contributed by atoms with E-state index in [-0.39, 0.29) is 5.41 Å². The molecule has 1 aromatic heterocycles. The number of hydrogen-bond donors (Lipinski definition) is 1. The second-order valence-electron chi connectivity index (χ2n) is 5.76. The second-order valence-corrected chi connectivity index (χ2v) is 6.70. The lowest BCUT2D eigenvalue weighted by molar-refractivity contribution is 0.151. The molecule has 1 saturated heterocycles. The zero-order chi connectivity index (χ0) is 12.3. The Morgan fingerprint density at radius 3 is 2.59 bits per heavy atom. The van der Waals surface area contributed by atoms with Crippen LogP contribution in [0.15, 0.2) is 5.38 Å². The fraction of sp³-hybridized carbons (Fsp3) is 0.769. The van der Waals surface area contributed by atoms with Gasteiger partial charge in [0.2, 0.25) is 0 Å². The van der Waals surface area contributed by atoms with E-state index in [1.165, 1.54) is 43.1 Å². The van der Waals surface area contributed by atoms with Crippen LogP contribution in [0.1, 0.15) is 50.7 Å². The highest BCUT2D eigenvalue weighted by Crippen LogP contribution is 2.23. The van der Waals surface area contributed by atoms with Gasteiger partial charge in [-0.3, -0.25) is 0 Å². The Morgan fingerprint density at radius 2 is 2.00 bits per heavy atom. The highest BCUT2D eigenvalue weighted by atomic mass is 32.1. The Labute approximate surface area is 108 Å². The zero-order valence-corrected chi connectivity index (χ0v) is 11.9. The van der Waals surface area contributed by atoms with E-state index in [1.807, 2.05) is 0 Å². The highest BCUT2D eigenvalue weighted by molar-refractivity contribution is 7.09. The first-order valence-corrected chi connectivity index (χ1v) is 7.37. The standard InChI is InChI=1S/C13H23N3S/c1-13(2,3)11-10-17-12(15-11)9-14-16-7-5-4-6-8-16/h10,14H,4-9H2,1-3H3. The van der Waals surface area contributed by atoms with Crippen LogP contribution < -0.4 is 5.43 Å². The van der Waals surface area contributed by atoms with Crippen molar-refractivity contribution >= 4 is 11.3 Å². The van der Waals surface area contributed by atoms with Gasteiger partial charge >= 0.3 is 0 Å². The molecule has 0 saturated carbocycles. The fourth-order valence-electron chi connectivity index (χ4n) is 1.97. The van der Waals surface area contributed by atoms with Crippen LogP contribution >= 0.6 is 11.3 Å². The SMILES string of the molecule is CC(C)(C)c1csc(CNN2CCCCC2)n1. The van der Waals surface area contributed by atoms with Gasteiger partial charge < -0.3 is 0 Å². The van der Waals surface area contributed by atoms with Crippen LogP contribution in [-0.4, -0.2) is 23.1 Å². The summed E-state index contributed by atoms with van der Waals surface area (Å²) in [6.45, 7) is 9.87. The van der Waals surface area contributed by atoms with Crippen molar-refractivity contribution in [3.63, 3.8) is 0 Å². The number of aromatic nitrogens is 1. The van der Waals surface area contributed by atoms with E-state index < -0.39 is 0 Å². The molecule has 0 unspecified atom stereocenters. The molecule has 0 radical (unpaired) electrons. The lowest BCUT2D eigenvalue weighted by Crippen LogP contribution is -2.41. The van der Waals surface area contributed by atoms with Crippen molar-refractivity contribution in [2.24, 2.45) is 0 Å². The number of hydrogen-bond acceptors (Lipinski definition) is 4. The van der Waals surface area contributed by atoms with Crippen LogP contribution in [0.4, 0.5) is 0 Å². The van der Waals surface area contributed by atoms with E-state index in [1.54, 1.807) is 11.3 Å². The highest BCUT2D eigenvalue weighted by Gasteiger charge is 2.17. The summed E-state index contributed by atoms with van der Waals surface area (Å²) < 4.78 is 0. The molecule has 0 bridgehead atoms. The third-order valence-electron chi connectivity index (χ3n) is 3.13. The van der Waals surface area contributed by atoms with Gasteiger partial charge in [-0.25, -0.2) is 15.4 Å². The summed E-state index contributed by atoms with van der Waals surface area (Å²) in [6.07, 6.45) is 4.01. The third kappa shape index (κ3) is 3.76. The molecule has 0 aliphatic carbocycles. The van der Waals surface area contributed by atoms with E-state index in [4.69, 9.17) is 4.98 Å². The first kappa shape index (κ1) is 13.0. The summed E-state index contributed by atoms with van der Waals surface area (Å²) in [4.78, 5) is 4.70. The Balaban J connectivity index is 1.84. The maximum absolute atomic E-state index is 4.70. The normalized spacial score (nSPS) is 18.5. The predicted octanol–water partition coefficient (Wildman–Crippen LogP) is 2.93. The Hall–Kier alpha value is -0.450. The van der Waals surface area contributed by atoms with E-state index in [9.17, 15) is 0 Å². The summed E-state index contributed by atoms with van der Waals surface area (Å²) in [6, 6.07) is 0. The minimum atomic E-state index is 0.167. The van der Waals surface area contributed by atoms with E-state index in [0.717, 1.165) is 6.54 Å². The molecule has 4 heteroatoms. The summed E-state index contributed by atoms with van der Waals surface area (Å²) >= 11 is 1.76. The van der Waals surface area contributed by atoms with Crippen molar-refractivity contribution in [1.82, 2.24) is 15.4 Å². The molecule has 0 atom stereocenters. The van der Waals surface area contributed by atoms with Crippen LogP contribution in [0.2, 0.25) is 0 Å². The molecular weight excluding hydrogens is 230 g/mol. The van der Waals surface area contributed by atoms with E-state index in [2.05, 4.69) is 36.6 Å². The van der Waals surface area contributed by atoms with E-state index in [0.29, 0.717) is 0 Å². The average molecular weight is 253 g/mol. The van der Waals surface area contributed by atoms with Crippen LogP contribution in [0.25, 0.3) is 0 Å². The van der Waals surface area contributed by atoms with Gasteiger partial charge in [0, 0.05) is 23.9 Å². The van der Waals surface area contributed by atoms with Gasteiger partial charge in [0.15, 0.2) is 0 Å². The lowest BCUT2D eigenvalue weighted by Gasteiger charge is -2.26. The van der Waals surface area contributed by atoms with Crippen molar-refractivity contribution in [1.29, 1.82) is 0 Å². The monoisotopic (exact) mass is 253 g/mol. The number of thiazole rings is 1. The zero-order valence-electron chi connectivity index (χ0n) is 11.1. The largest absolute Gasteiger partial charge is 0.248 e. The van der Waals surface area contributed by atoms with Crippen molar-refractivity contribution < 1.29 is 0 Å². The number of nitrogens with one attached hydrogen (secondary N) is 1. The molecule has 3 nitrogen and oxygen atoms in total. The number of nitrogens with zero attached hydrogens (tertiary/aromatic N) is 2. The average Bonchev–Trinajstić information content (AvgIpc) is 2.76. The Bertz CT molecular complexity index is 348. The van der Waals surface area contributed by atoms with Crippen LogP contribution in [-0.2, 0) is 12.0 Å². The van der Waals surface area contributed by atoms with Gasteiger partial charge in [-0.1, -0.05) is 27.2 Å². The molecular formula is C13H23N3S. The van der Waals surface area contributed by atoms with Crippen molar-refractivity contribution in [2.75, 3.05) is 13.1 Å². The first-order valence-electron chi connectivity index (χ1n) is 6.49. The van der Waals surface area contributed by atoms with E-state index >= 15 is 0 Å². The Kier molecular flexibility index (Phi) is 4.17. The van der Waals surface area contributed by atoms with Crippen LogP contribution in [0, 0.1) is 0 Å². The summed E-state index contributed by atoms with van der Waals surface area (Å²) in [5, 5.41) is 5.72. The van der Waals surface area contributed by atoms with Gasteiger partial charge in [0.25, 0.3) is 0 Å². The number of rotatable bonds is 3. The summed E-state index contributed by atoms with van der Waals surface area (Å²) in [5.74, 6) is 0. The van der Waals surface area contributed by atoms with Gasteiger partial charge in [-0.2, -0.15) is 0 Å². The van der Waals surface area contributed by atoms with Gasteiger partial charge in [0.1, 0.15) is 5.01 Å². The van der Waals surface area contributed by atoms with Crippen molar-refractivity contribution in [3.8, 4) is 0 Å². The minimum Gasteiger partial charge on any atom is -0.248 e. The topological polar surface area (TPSA) is 28.2 Å². The van der Waals surface area contributed by atoms with Crippen LogP contribution in [0.5, 0.6) is 0 Å².